The molecule has 0 N–H and O–H groups in total. The maximum Gasteiger partial charge on any atom is 0.204 e. The lowest BCUT2D eigenvalue weighted by atomic mass is 9.98. The van der Waals surface area contributed by atoms with Gasteiger partial charge >= 0.3 is 0 Å². The lowest BCUT2D eigenvalue weighted by Gasteiger charge is -2.31. The van der Waals surface area contributed by atoms with Crippen molar-refractivity contribution < 1.29 is 23.8 Å². The van der Waals surface area contributed by atoms with Gasteiger partial charge in [0.15, 0.2) is 17.1 Å². The molecule has 0 radical (unpaired) electrons. The molecule has 0 saturated carbocycles. The molecule has 1 atom stereocenters. The van der Waals surface area contributed by atoms with E-state index in [1.54, 1.807) is 39.0 Å². The number of hydrogen-bond donors (Lipinski definition) is 0. The molecule has 0 fully saturated rings. The van der Waals surface area contributed by atoms with Crippen LogP contribution in [0.4, 0.5) is 0 Å². The highest BCUT2D eigenvalue weighted by Gasteiger charge is 2.36. The third-order valence-electron chi connectivity index (χ3n) is 3.18. The summed E-state index contributed by atoms with van der Waals surface area (Å²) in [6.07, 6.45) is 0.118. The number of rotatable bonds is 7. The topological polar surface area (TPSA) is 61.8 Å². The van der Waals surface area contributed by atoms with Crippen molar-refractivity contribution in [3.8, 4) is 11.5 Å². The molecule has 0 aliphatic carbocycles. The molecule has 0 bridgehead atoms. The second kappa shape index (κ2) is 7.13. The Hall–Kier alpha value is -1.88. The summed E-state index contributed by atoms with van der Waals surface area (Å²) < 4.78 is 16.8. The number of ether oxygens (including phenoxy) is 3. The predicted octanol–water partition coefficient (Wildman–Crippen LogP) is 3.44. The third kappa shape index (κ3) is 5.36. The number of Topliss-reactive ketones (excluding diaryl/α,β-unsaturated/α-hetero) is 1. The molecule has 1 rings (SSSR count). The Balaban J connectivity index is 2.97. The Labute approximate surface area is 137 Å². The highest BCUT2D eigenvalue weighted by Crippen LogP contribution is 2.32. The van der Waals surface area contributed by atoms with Gasteiger partial charge < -0.3 is 14.2 Å². The molecule has 128 valence electrons. The lowest BCUT2D eigenvalue weighted by molar-refractivity contribution is -0.151. The quantitative estimate of drug-likeness (QED) is 0.720. The first-order valence-electron chi connectivity index (χ1n) is 7.54. The van der Waals surface area contributed by atoms with Crippen molar-refractivity contribution >= 4 is 12.1 Å². The number of ketones is 1. The van der Waals surface area contributed by atoms with E-state index >= 15 is 0 Å². The van der Waals surface area contributed by atoms with Crippen molar-refractivity contribution in [1.29, 1.82) is 0 Å². The molecule has 1 aromatic rings. The molecule has 0 saturated heterocycles. The van der Waals surface area contributed by atoms with Crippen molar-refractivity contribution in [3.05, 3.63) is 23.8 Å². The second-order valence-electron chi connectivity index (χ2n) is 6.88. The van der Waals surface area contributed by atoms with Crippen LogP contribution in [0.3, 0.4) is 0 Å². The first-order valence-corrected chi connectivity index (χ1v) is 7.54. The summed E-state index contributed by atoms with van der Waals surface area (Å²) in [5, 5.41) is 0. The van der Waals surface area contributed by atoms with Gasteiger partial charge in [0, 0.05) is 5.56 Å². The predicted molar refractivity (Wildman–Crippen MR) is 88.4 cm³/mol. The van der Waals surface area contributed by atoms with Crippen LogP contribution in [0, 0.1) is 0 Å². The summed E-state index contributed by atoms with van der Waals surface area (Å²) in [6.45, 7) is 10.8. The Morgan fingerprint density at radius 2 is 1.74 bits per heavy atom. The van der Waals surface area contributed by atoms with Gasteiger partial charge in [0.1, 0.15) is 12.4 Å². The smallest absolute Gasteiger partial charge is 0.204 e. The number of carbonyl (C=O) groups is 2. The maximum atomic E-state index is 12.6. The minimum absolute atomic E-state index is 0.172. The maximum absolute atomic E-state index is 12.6. The van der Waals surface area contributed by atoms with E-state index in [0.717, 1.165) is 6.29 Å². The van der Waals surface area contributed by atoms with Gasteiger partial charge in [-0.1, -0.05) is 0 Å². The second-order valence-corrected chi connectivity index (χ2v) is 6.88. The van der Waals surface area contributed by atoms with Crippen LogP contribution in [0.2, 0.25) is 0 Å². The summed E-state index contributed by atoms with van der Waals surface area (Å²) in [5.74, 6) is 0.633. The van der Waals surface area contributed by atoms with Crippen molar-refractivity contribution in [3.63, 3.8) is 0 Å². The molecule has 0 amide bonds. The highest BCUT2D eigenvalue weighted by atomic mass is 16.5. The summed E-state index contributed by atoms with van der Waals surface area (Å²) >= 11 is 0. The molecule has 0 unspecified atom stereocenters. The SMILES string of the molecule is COc1cc(C=O)ccc1OC(C)(C)C(=O)[C@H](C)OC(C)(C)C. The molecule has 5 nitrogen and oxygen atoms in total. The van der Waals surface area contributed by atoms with Crippen LogP contribution in [0.1, 0.15) is 51.9 Å². The molecule has 5 heteroatoms. The van der Waals surface area contributed by atoms with Crippen LogP contribution < -0.4 is 9.47 Å². The standard InChI is InChI=1S/C18H26O5/c1-12(22-17(2,3)4)16(20)18(5,6)23-14-9-8-13(11-19)10-15(14)21-7/h8-12H,1-7H3/t12-/m0/s1. The zero-order valence-electron chi connectivity index (χ0n) is 14.9. The van der Waals surface area contributed by atoms with E-state index in [1.807, 2.05) is 20.8 Å². The van der Waals surface area contributed by atoms with Gasteiger partial charge in [-0.3, -0.25) is 9.59 Å². The molecule has 0 spiro atoms. The minimum Gasteiger partial charge on any atom is -0.493 e. The molecule has 0 aliphatic rings. The normalized spacial score (nSPS) is 13.3. The Morgan fingerprint density at radius 1 is 1.13 bits per heavy atom. The van der Waals surface area contributed by atoms with E-state index in [1.165, 1.54) is 7.11 Å². The first-order chi connectivity index (χ1) is 10.5. The van der Waals surface area contributed by atoms with Gasteiger partial charge in [-0.05, 0) is 59.7 Å². The Kier molecular flexibility index (Phi) is 5.94. The average Bonchev–Trinajstić information content (AvgIpc) is 2.44. The summed E-state index contributed by atoms with van der Waals surface area (Å²) in [6, 6.07) is 4.80. The van der Waals surface area contributed by atoms with E-state index in [4.69, 9.17) is 14.2 Å². The monoisotopic (exact) mass is 322 g/mol. The minimum atomic E-state index is -1.10. The first kappa shape index (κ1) is 19.2. The van der Waals surface area contributed by atoms with E-state index in [9.17, 15) is 9.59 Å². The van der Waals surface area contributed by atoms with E-state index in [2.05, 4.69) is 0 Å². The van der Waals surface area contributed by atoms with E-state index in [0.29, 0.717) is 17.1 Å². The summed E-state index contributed by atoms with van der Waals surface area (Å²) in [7, 11) is 1.48. The van der Waals surface area contributed by atoms with Gasteiger partial charge in [0.05, 0.1) is 12.7 Å². The van der Waals surface area contributed by atoms with Gasteiger partial charge in [-0.25, -0.2) is 0 Å². The van der Waals surface area contributed by atoms with Gasteiger partial charge in [-0.15, -0.1) is 0 Å². The zero-order chi connectivity index (χ0) is 17.8. The van der Waals surface area contributed by atoms with Crippen LogP contribution in [-0.2, 0) is 9.53 Å². The Bertz CT molecular complexity index is 569. The van der Waals surface area contributed by atoms with Crippen LogP contribution in [-0.4, -0.2) is 36.5 Å². The van der Waals surface area contributed by atoms with Gasteiger partial charge in [-0.2, -0.15) is 0 Å². The molecule has 0 heterocycles. The molecule has 0 aliphatic heterocycles. The largest absolute Gasteiger partial charge is 0.493 e. The van der Waals surface area contributed by atoms with Gasteiger partial charge in [0.25, 0.3) is 0 Å². The number of aldehydes is 1. The fourth-order valence-electron chi connectivity index (χ4n) is 2.24. The molecule has 1 aromatic carbocycles. The average molecular weight is 322 g/mol. The highest BCUT2D eigenvalue weighted by molar-refractivity contribution is 5.90. The fourth-order valence-corrected chi connectivity index (χ4v) is 2.24. The Morgan fingerprint density at radius 3 is 2.22 bits per heavy atom. The van der Waals surface area contributed by atoms with Gasteiger partial charge in [0.2, 0.25) is 5.78 Å². The fraction of sp³-hybridized carbons (Fsp3) is 0.556. The van der Waals surface area contributed by atoms with E-state index in [-0.39, 0.29) is 5.78 Å². The van der Waals surface area contributed by atoms with Crippen molar-refractivity contribution in [2.75, 3.05) is 7.11 Å². The lowest BCUT2D eigenvalue weighted by Crippen LogP contribution is -2.46. The summed E-state index contributed by atoms with van der Waals surface area (Å²) in [5.41, 5.74) is -1.04. The molecular weight excluding hydrogens is 296 g/mol. The van der Waals surface area contributed by atoms with Crippen molar-refractivity contribution in [2.24, 2.45) is 0 Å². The van der Waals surface area contributed by atoms with Crippen molar-refractivity contribution in [1.82, 2.24) is 0 Å². The third-order valence-corrected chi connectivity index (χ3v) is 3.18. The number of carbonyl (C=O) groups excluding carboxylic acids is 2. The van der Waals surface area contributed by atoms with Crippen molar-refractivity contribution in [2.45, 2.75) is 58.8 Å². The molecule has 23 heavy (non-hydrogen) atoms. The zero-order valence-corrected chi connectivity index (χ0v) is 14.9. The number of hydrogen-bond acceptors (Lipinski definition) is 5. The van der Waals surface area contributed by atoms with E-state index < -0.39 is 17.3 Å². The van der Waals surface area contributed by atoms with Crippen LogP contribution in [0.15, 0.2) is 18.2 Å². The van der Waals surface area contributed by atoms with Crippen LogP contribution in [0.5, 0.6) is 11.5 Å². The van der Waals surface area contributed by atoms with Crippen LogP contribution >= 0.6 is 0 Å². The number of methoxy groups -OCH3 is 1. The summed E-state index contributed by atoms with van der Waals surface area (Å²) in [4.78, 5) is 23.5. The molecular formula is C18H26O5. The molecule has 0 aromatic heterocycles. The number of benzene rings is 1. The van der Waals surface area contributed by atoms with Crippen LogP contribution in [0.25, 0.3) is 0 Å².